The zero-order valence-corrected chi connectivity index (χ0v) is 11.6. The van der Waals surface area contributed by atoms with Gasteiger partial charge in [-0.25, -0.2) is 4.79 Å². The Morgan fingerprint density at radius 3 is 2.90 bits per heavy atom. The van der Waals surface area contributed by atoms with Crippen molar-refractivity contribution in [1.29, 1.82) is 0 Å². The van der Waals surface area contributed by atoms with Crippen LogP contribution in [-0.4, -0.2) is 55.4 Å². The number of furan rings is 1. The first-order valence-corrected chi connectivity index (χ1v) is 6.93. The van der Waals surface area contributed by atoms with Crippen LogP contribution in [0.25, 0.3) is 11.0 Å². The average molecular weight is 291 g/mol. The number of aromatic carboxylic acids is 1. The lowest BCUT2D eigenvalue weighted by Gasteiger charge is -2.26. The van der Waals surface area contributed by atoms with Gasteiger partial charge in [-0.2, -0.15) is 0 Å². The van der Waals surface area contributed by atoms with Gasteiger partial charge in [-0.1, -0.05) is 12.1 Å². The van der Waals surface area contributed by atoms with Gasteiger partial charge in [0.25, 0.3) is 0 Å². The van der Waals surface area contributed by atoms with E-state index >= 15 is 0 Å². The molecular formula is C15H17NO5. The summed E-state index contributed by atoms with van der Waals surface area (Å²) in [5.41, 5.74) is 0.483. The van der Waals surface area contributed by atoms with Gasteiger partial charge in [-0.15, -0.1) is 0 Å². The summed E-state index contributed by atoms with van der Waals surface area (Å²) in [5, 5.41) is 9.70. The van der Waals surface area contributed by atoms with Crippen LogP contribution in [0.15, 0.2) is 28.7 Å². The van der Waals surface area contributed by atoms with Crippen molar-refractivity contribution in [2.24, 2.45) is 0 Å². The minimum Gasteiger partial charge on any atom is -0.488 e. The normalized spacial score (nSPS) is 16.2. The number of benzene rings is 1. The summed E-state index contributed by atoms with van der Waals surface area (Å²) in [7, 11) is 0. The molecule has 2 aromatic rings. The van der Waals surface area contributed by atoms with Crippen molar-refractivity contribution in [3.05, 3.63) is 30.0 Å². The second-order valence-corrected chi connectivity index (χ2v) is 4.89. The lowest BCUT2D eigenvalue weighted by molar-refractivity contribution is 0.0323. The molecule has 1 saturated heterocycles. The summed E-state index contributed by atoms with van der Waals surface area (Å²) in [6.07, 6.45) is 0. The molecule has 0 atom stereocenters. The molecular weight excluding hydrogens is 274 g/mol. The van der Waals surface area contributed by atoms with E-state index in [0.717, 1.165) is 38.2 Å². The number of carbonyl (C=O) groups is 1. The molecule has 1 aliphatic heterocycles. The van der Waals surface area contributed by atoms with E-state index in [2.05, 4.69) is 4.90 Å². The van der Waals surface area contributed by atoms with E-state index in [1.807, 2.05) is 6.07 Å². The molecule has 0 bridgehead atoms. The number of hydrogen-bond donors (Lipinski definition) is 1. The molecule has 1 aromatic heterocycles. The van der Waals surface area contributed by atoms with Gasteiger partial charge in [0.05, 0.1) is 13.2 Å². The van der Waals surface area contributed by atoms with Crippen molar-refractivity contribution in [2.45, 2.75) is 0 Å². The second kappa shape index (κ2) is 6.15. The Labute approximate surface area is 121 Å². The lowest BCUT2D eigenvalue weighted by Crippen LogP contribution is -2.38. The quantitative estimate of drug-likeness (QED) is 0.906. The standard InChI is InChI=1S/C15H17NO5/c17-15(18)13-10-11-2-1-3-12(14(11)21-13)20-9-6-16-4-7-19-8-5-16/h1-3,10H,4-9H2,(H,17,18). The number of rotatable bonds is 5. The van der Waals surface area contributed by atoms with Crippen LogP contribution in [-0.2, 0) is 4.74 Å². The first-order chi connectivity index (χ1) is 10.2. The average Bonchev–Trinajstić information content (AvgIpc) is 2.94. The van der Waals surface area contributed by atoms with Crippen molar-refractivity contribution in [3.8, 4) is 5.75 Å². The number of fused-ring (bicyclic) bond motifs is 1. The second-order valence-electron chi connectivity index (χ2n) is 4.89. The van der Waals surface area contributed by atoms with Gasteiger partial charge >= 0.3 is 5.97 Å². The Kier molecular flexibility index (Phi) is 4.08. The van der Waals surface area contributed by atoms with Gasteiger partial charge < -0.3 is 19.0 Å². The lowest BCUT2D eigenvalue weighted by atomic mass is 10.2. The molecule has 1 aliphatic rings. The van der Waals surface area contributed by atoms with Crippen molar-refractivity contribution in [2.75, 3.05) is 39.5 Å². The van der Waals surface area contributed by atoms with Crippen LogP contribution >= 0.6 is 0 Å². The van der Waals surface area contributed by atoms with E-state index in [4.69, 9.17) is 19.0 Å². The minimum atomic E-state index is -1.08. The third-order valence-electron chi connectivity index (χ3n) is 3.49. The third kappa shape index (κ3) is 3.17. The zero-order chi connectivity index (χ0) is 14.7. The van der Waals surface area contributed by atoms with Crippen molar-refractivity contribution >= 4 is 16.9 Å². The summed E-state index contributed by atoms with van der Waals surface area (Å²) in [4.78, 5) is 13.2. The van der Waals surface area contributed by atoms with Crippen LogP contribution in [0.5, 0.6) is 5.75 Å². The van der Waals surface area contributed by atoms with Gasteiger partial charge in [-0.05, 0) is 12.1 Å². The highest BCUT2D eigenvalue weighted by molar-refractivity contribution is 5.93. The zero-order valence-electron chi connectivity index (χ0n) is 11.6. The van der Waals surface area contributed by atoms with E-state index in [1.165, 1.54) is 6.07 Å². The van der Waals surface area contributed by atoms with Crippen LogP contribution < -0.4 is 4.74 Å². The first kappa shape index (κ1) is 13.9. The maximum Gasteiger partial charge on any atom is 0.371 e. The SMILES string of the molecule is O=C(O)c1cc2cccc(OCCN3CCOCC3)c2o1. The van der Waals surface area contributed by atoms with Gasteiger partial charge in [0.15, 0.2) is 11.3 Å². The summed E-state index contributed by atoms with van der Waals surface area (Å²) < 4.78 is 16.4. The van der Waals surface area contributed by atoms with E-state index < -0.39 is 5.97 Å². The minimum absolute atomic E-state index is 0.0748. The van der Waals surface area contributed by atoms with Crippen LogP contribution in [0.2, 0.25) is 0 Å². The van der Waals surface area contributed by atoms with Crippen molar-refractivity contribution in [3.63, 3.8) is 0 Å². The predicted octanol–water partition coefficient (Wildman–Crippen LogP) is 1.84. The topological polar surface area (TPSA) is 72.1 Å². The van der Waals surface area contributed by atoms with Gasteiger partial charge in [0.1, 0.15) is 6.61 Å². The predicted molar refractivity (Wildman–Crippen MR) is 75.9 cm³/mol. The highest BCUT2D eigenvalue weighted by atomic mass is 16.5. The highest BCUT2D eigenvalue weighted by Crippen LogP contribution is 2.28. The molecule has 1 N–H and O–H groups in total. The maximum atomic E-state index is 10.9. The van der Waals surface area contributed by atoms with Crippen LogP contribution in [0.1, 0.15) is 10.6 Å². The molecule has 2 heterocycles. The molecule has 6 heteroatoms. The number of carboxylic acid groups (broad SMARTS) is 1. The summed E-state index contributed by atoms with van der Waals surface area (Å²) in [6.45, 7) is 4.69. The molecule has 0 spiro atoms. The molecule has 6 nitrogen and oxygen atoms in total. The Bertz CT molecular complexity index is 630. The van der Waals surface area contributed by atoms with Gasteiger partial charge in [0.2, 0.25) is 5.76 Å². The number of ether oxygens (including phenoxy) is 2. The molecule has 0 unspecified atom stereocenters. The Morgan fingerprint density at radius 1 is 1.33 bits per heavy atom. The Hall–Kier alpha value is -2.05. The monoisotopic (exact) mass is 291 g/mol. The molecule has 1 fully saturated rings. The number of nitrogens with zero attached hydrogens (tertiary/aromatic N) is 1. The largest absolute Gasteiger partial charge is 0.488 e. The van der Waals surface area contributed by atoms with Crippen LogP contribution in [0.3, 0.4) is 0 Å². The molecule has 0 amide bonds. The first-order valence-electron chi connectivity index (χ1n) is 6.93. The van der Waals surface area contributed by atoms with Crippen molar-refractivity contribution < 1.29 is 23.8 Å². The fraction of sp³-hybridized carbons (Fsp3) is 0.400. The maximum absolute atomic E-state index is 10.9. The van der Waals surface area contributed by atoms with Crippen molar-refractivity contribution in [1.82, 2.24) is 4.90 Å². The summed E-state index contributed by atoms with van der Waals surface area (Å²) >= 11 is 0. The number of carboxylic acids is 1. The van der Waals surface area contributed by atoms with Gasteiger partial charge in [-0.3, -0.25) is 4.90 Å². The Balaban J connectivity index is 1.67. The van der Waals surface area contributed by atoms with Crippen LogP contribution in [0, 0.1) is 0 Å². The highest BCUT2D eigenvalue weighted by Gasteiger charge is 2.14. The molecule has 112 valence electrons. The smallest absolute Gasteiger partial charge is 0.371 e. The molecule has 0 saturated carbocycles. The Morgan fingerprint density at radius 2 is 2.14 bits per heavy atom. The number of hydrogen-bond acceptors (Lipinski definition) is 5. The molecule has 3 rings (SSSR count). The van der Waals surface area contributed by atoms with E-state index in [-0.39, 0.29) is 5.76 Å². The fourth-order valence-corrected chi connectivity index (χ4v) is 2.36. The van der Waals surface area contributed by atoms with Crippen LogP contribution in [0.4, 0.5) is 0 Å². The van der Waals surface area contributed by atoms with E-state index in [0.29, 0.717) is 17.9 Å². The van der Waals surface area contributed by atoms with E-state index in [1.54, 1.807) is 12.1 Å². The van der Waals surface area contributed by atoms with E-state index in [9.17, 15) is 4.79 Å². The summed E-state index contributed by atoms with van der Waals surface area (Å²) in [5.74, 6) is -0.576. The number of morpholine rings is 1. The molecule has 1 aromatic carbocycles. The molecule has 21 heavy (non-hydrogen) atoms. The fourth-order valence-electron chi connectivity index (χ4n) is 2.36. The third-order valence-corrected chi connectivity index (χ3v) is 3.49. The number of para-hydroxylation sites is 1. The summed E-state index contributed by atoms with van der Waals surface area (Å²) in [6, 6.07) is 6.93. The van der Waals surface area contributed by atoms with Gasteiger partial charge in [0, 0.05) is 25.0 Å². The molecule has 0 aliphatic carbocycles. The molecule has 0 radical (unpaired) electrons.